The zero-order chi connectivity index (χ0) is 24.5. The average Bonchev–Trinajstić information content (AvgIpc) is 2.79. The Hall–Kier alpha value is -3.67. The van der Waals surface area contributed by atoms with E-state index in [1.807, 2.05) is 0 Å². The normalized spacial score (nSPS) is 18.7. The van der Waals surface area contributed by atoms with E-state index in [-0.39, 0.29) is 37.3 Å². The number of carbonyl (C=O) groups excluding carboxylic acids is 1. The fourth-order valence-electron chi connectivity index (χ4n) is 3.84. The average molecular weight is 478 g/mol. The lowest BCUT2D eigenvalue weighted by molar-refractivity contribution is -0.274. The first-order valence-electron chi connectivity index (χ1n) is 10.5. The third-order valence-electron chi connectivity index (χ3n) is 5.49. The molecule has 1 aromatic heterocycles. The zero-order valence-electron chi connectivity index (χ0n) is 18.0. The van der Waals surface area contributed by atoms with E-state index in [1.54, 1.807) is 25.1 Å². The number of aliphatic hydroxyl groups is 1. The smallest absolute Gasteiger partial charge is 0.450 e. The Morgan fingerprint density at radius 2 is 1.88 bits per heavy atom. The number of fused-ring (bicyclic) bond motifs is 1. The zero-order valence-corrected chi connectivity index (χ0v) is 18.0. The third kappa shape index (κ3) is 4.96. The summed E-state index contributed by atoms with van der Waals surface area (Å²) < 4.78 is 47.1. The molecule has 1 saturated heterocycles. The Labute approximate surface area is 191 Å². The predicted molar refractivity (Wildman–Crippen MR) is 114 cm³/mol. The number of halogens is 3. The van der Waals surface area contributed by atoms with Crippen LogP contribution in [0.4, 0.5) is 18.0 Å². The highest BCUT2D eigenvalue weighted by Crippen LogP contribution is 2.28. The van der Waals surface area contributed by atoms with Gasteiger partial charge in [0.1, 0.15) is 17.3 Å². The molecule has 1 amide bonds. The molecule has 2 unspecified atom stereocenters. The summed E-state index contributed by atoms with van der Waals surface area (Å²) in [5.74, 6) is -0.359. The van der Waals surface area contributed by atoms with Crippen molar-refractivity contribution in [2.45, 2.75) is 31.9 Å². The SMILES string of the molecule is CCOC(=O)N1CCC(O)C(n2nnc3ccc(-c4ccc(OC(F)(F)F)cc4)cc3c2=O)C1. The van der Waals surface area contributed by atoms with E-state index in [4.69, 9.17) is 4.74 Å². The maximum Gasteiger partial charge on any atom is 0.573 e. The van der Waals surface area contributed by atoms with E-state index in [9.17, 15) is 27.9 Å². The second-order valence-electron chi connectivity index (χ2n) is 7.71. The van der Waals surface area contributed by atoms with Crippen LogP contribution in [0.1, 0.15) is 19.4 Å². The molecule has 0 radical (unpaired) electrons. The molecule has 1 aliphatic heterocycles. The van der Waals surface area contributed by atoms with Gasteiger partial charge in [0, 0.05) is 13.1 Å². The molecule has 1 fully saturated rings. The molecule has 0 saturated carbocycles. The number of benzene rings is 2. The Morgan fingerprint density at radius 1 is 1.18 bits per heavy atom. The van der Waals surface area contributed by atoms with Crippen LogP contribution in [0, 0.1) is 0 Å². The summed E-state index contributed by atoms with van der Waals surface area (Å²) in [5.41, 5.74) is 0.929. The van der Waals surface area contributed by atoms with Crippen molar-refractivity contribution >= 4 is 17.0 Å². The van der Waals surface area contributed by atoms with Crippen LogP contribution < -0.4 is 10.3 Å². The number of piperidine rings is 1. The van der Waals surface area contributed by atoms with E-state index in [1.165, 1.54) is 29.2 Å². The van der Waals surface area contributed by atoms with Gasteiger partial charge in [-0.2, -0.15) is 0 Å². The number of aromatic nitrogens is 3. The maximum atomic E-state index is 13.2. The lowest BCUT2D eigenvalue weighted by atomic mass is 10.0. The predicted octanol–water partition coefficient (Wildman–Crippen LogP) is 3.12. The van der Waals surface area contributed by atoms with Crippen molar-refractivity contribution in [3.05, 3.63) is 52.8 Å². The number of hydrogen-bond donors (Lipinski definition) is 1. The number of hydrogen-bond acceptors (Lipinski definition) is 7. The largest absolute Gasteiger partial charge is 0.573 e. The van der Waals surface area contributed by atoms with Crippen molar-refractivity contribution in [3.8, 4) is 16.9 Å². The molecule has 4 rings (SSSR count). The van der Waals surface area contributed by atoms with Gasteiger partial charge in [-0.05, 0) is 48.7 Å². The van der Waals surface area contributed by atoms with Crippen LogP contribution in [-0.4, -0.2) is 63.3 Å². The van der Waals surface area contributed by atoms with Gasteiger partial charge in [0.05, 0.1) is 18.1 Å². The first kappa shape index (κ1) is 23.5. The number of ether oxygens (including phenoxy) is 2. The fraction of sp³-hybridized carbons (Fsp3) is 0.364. The van der Waals surface area contributed by atoms with Crippen LogP contribution in [-0.2, 0) is 4.74 Å². The topological polar surface area (TPSA) is 107 Å². The van der Waals surface area contributed by atoms with Gasteiger partial charge in [0.25, 0.3) is 5.56 Å². The second kappa shape index (κ2) is 9.29. The molecule has 12 heteroatoms. The third-order valence-corrected chi connectivity index (χ3v) is 5.49. The molecular weight excluding hydrogens is 457 g/mol. The molecule has 1 N–H and O–H groups in total. The molecule has 2 heterocycles. The van der Waals surface area contributed by atoms with Crippen LogP contribution in [0.3, 0.4) is 0 Å². The monoisotopic (exact) mass is 478 g/mol. The van der Waals surface area contributed by atoms with E-state index in [2.05, 4.69) is 15.0 Å². The van der Waals surface area contributed by atoms with Gasteiger partial charge in [0.15, 0.2) is 0 Å². The highest BCUT2D eigenvalue weighted by atomic mass is 19.4. The molecule has 34 heavy (non-hydrogen) atoms. The number of alkyl halides is 3. The van der Waals surface area contributed by atoms with Crippen LogP contribution in [0.25, 0.3) is 22.0 Å². The molecule has 2 aromatic carbocycles. The lowest BCUT2D eigenvalue weighted by Gasteiger charge is -2.35. The number of carbonyl (C=O) groups is 1. The van der Waals surface area contributed by atoms with Gasteiger partial charge in [-0.15, -0.1) is 18.3 Å². The lowest BCUT2D eigenvalue weighted by Crippen LogP contribution is -2.49. The van der Waals surface area contributed by atoms with Crippen molar-refractivity contribution in [2.75, 3.05) is 19.7 Å². The quantitative estimate of drug-likeness (QED) is 0.614. The number of nitrogens with zero attached hydrogens (tertiary/aromatic N) is 4. The minimum Gasteiger partial charge on any atom is -0.450 e. The van der Waals surface area contributed by atoms with Crippen molar-refractivity contribution in [3.63, 3.8) is 0 Å². The van der Waals surface area contributed by atoms with Crippen molar-refractivity contribution in [1.29, 1.82) is 0 Å². The first-order valence-corrected chi connectivity index (χ1v) is 10.5. The molecule has 0 aliphatic carbocycles. The molecule has 180 valence electrons. The highest BCUT2D eigenvalue weighted by Gasteiger charge is 2.34. The van der Waals surface area contributed by atoms with Gasteiger partial charge < -0.3 is 19.5 Å². The first-order chi connectivity index (χ1) is 16.2. The second-order valence-corrected chi connectivity index (χ2v) is 7.71. The van der Waals surface area contributed by atoms with Gasteiger partial charge in [-0.3, -0.25) is 4.79 Å². The molecule has 1 aliphatic rings. The molecular formula is C22H21F3N4O5. The molecule has 2 atom stereocenters. The Kier molecular flexibility index (Phi) is 6.42. The summed E-state index contributed by atoms with van der Waals surface area (Å²) in [4.78, 5) is 26.8. The number of likely N-dealkylation sites (tertiary alicyclic amines) is 1. The van der Waals surface area contributed by atoms with E-state index in [0.717, 1.165) is 4.68 Å². The van der Waals surface area contributed by atoms with Crippen molar-refractivity contribution < 1.29 is 32.5 Å². The number of amides is 1. The Bertz CT molecular complexity index is 1250. The molecule has 0 bridgehead atoms. The number of aliphatic hydroxyl groups excluding tert-OH is 1. The summed E-state index contributed by atoms with van der Waals surface area (Å²) in [6, 6.07) is 9.22. The van der Waals surface area contributed by atoms with Gasteiger partial charge in [0.2, 0.25) is 0 Å². The summed E-state index contributed by atoms with van der Waals surface area (Å²) in [6.45, 7) is 2.19. The summed E-state index contributed by atoms with van der Waals surface area (Å²) in [6.07, 6.45) is -6.01. The summed E-state index contributed by atoms with van der Waals surface area (Å²) in [5, 5.41) is 18.7. The molecule has 3 aromatic rings. The summed E-state index contributed by atoms with van der Waals surface area (Å²) in [7, 11) is 0. The van der Waals surface area contributed by atoms with E-state index >= 15 is 0 Å². The number of rotatable bonds is 4. The van der Waals surface area contributed by atoms with Crippen molar-refractivity contribution in [2.24, 2.45) is 0 Å². The van der Waals surface area contributed by atoms with Crippen molar-refractivity contribution in [1.82, 2.24) is 19.9 Å². The van der Waals surface area contributed by atoms with Gasteiger partial charge in [-0.25, -0.2) is 9.48 Å². The van der Waals surface area contributed by atoms with Gasteiger partial charge >= 0.3 is 12.5 Å². The molecule has 9 nitrogen and oxygen atoms in total. The highest BCUT2D eigenvalue weighted by molar-refractivity contribution is 5.83. The van der Waals surface area contributed by atoms with Crippen LogP contribution >= 0.6 is 0 Å². The Morgan fingerprint density at radius 3 is 2.56 bits per heavy atom. The molecule has 0 spiro atoms. The van der Waals surface area contributed by atoms with Crippen LogP contribution in [0.15, 0.2) is 47.3 Å². The van der Waals surface area contributed by atoms with E-state index in [0.29, 0.717) is 16.6 Å². The van der Waals surface area contributed by atoms with Crippen LogP contribution in [0.2, 0.25) is 0 Å². The van der Waals surface area contributed by atoms with E-state index < -0.39 is 30.2 Å². The van der Waals surface area contributed by atoms with Crippen LogP contribution in [0.5, 0.6) is 5.75 Å². The minimum atomic E-state index is -4.79. The fourth-order valence-corrected chi connectivity index (χ4v) is 3.84. The standard InChI is InChI=1S/C22H21F3N4O5/c1-2-33-21(32)28-10-9-19(30)18(12-28)29-20(31)16-11-14(5-8-17(16)26-27-29)13-3-6-15(7-4-13)34-22(23,24)25/h3-8,11,18-19,30H,2,9-10,12H2,1H3. The van der Waals surface area contributed by atoms with Gasteiger partial charge in [-0.1, -0.05) is 23.4 Å². The maximum absolute atomic E-state index is 13.2. The minimum absolute atomic E-state index is 0.0282. The Balaban J connectivity index is 1.65. The summed E-state index contributed by atoms with van der Waals surface area (Å²) >= 11 is 0.